The largest absolute Gasteiger partial charge is 0.459 e. The molecular formula is C27H35NO6S. The molecule has 0 aromatic heterocycles. The molecule has 7 nitrogen and oxygen atoms in total. The van der Waals surface area contributed by atoms with Gasteiger partial charge >= 0.3 is 5.97 Å². The Kier molecular flexibility index (Phi) is 8.21. The molecule has 0 radical (unpaired) electrons. The van der Waals surface area contributed by atoms with Gasteiger partial charge in [-0.25, -0.2) is 8.42 Å². The van der Waals surface area contributed by atoms with Crippen molar-refractivity contribution in [3.63, 3.8) is 0 Å². The van der Waals surface area contributed by atoms with Gasteiger partial charge in [0.15, 0.2) is 20.4 Å². The highest BCUT2D eigenvalue weighted by Crippen LogP contribution is 2.37. The smallest absolute Gasteiger partial charge is 0.330 e. The zero-order valence-electron chi connectivity index (χ0n) is 21.3. The number of hydrogen-bond acceptors (Lipinski definition) is 7. The lowest BCUT2D eigenvalue weighted by atomic mass is 10.00. The van der Waals surface area contributed by atoms with Crippen LogP contribution in [0.4, 0.5) is 5.69 Å². The monoisotopic (exact) mass is 501 g/mol. The van der Waals surface area contributed by atoms with Gasteiger partial charge in [0, 0.05) is 44.5 Å². The predicted molar refractivity (Wildman–Crippen MR) is 134 cm³/mol. The summed E-state index contributed by atoms with van der Waals surface area (Å²) in [4.78, 5) is 15.6. The van der Waals surface area contributed by atoms with Crippen molar-refractivity contribution in [3.8, 4) is 23.7 Å². The molecule has 1 aromatic carbocycles. The number of carbonyl (C=O) groups is 1. The van der Waals surface area contributed by atoms with E-state index in [-0.39, 0.29) is 17.7 Å². The van der Waals surface area contributed by atoms with Gasteiger partial charge in [-0.05, 0) is 58.9 Å². The van der Waals surface area contributed by atoms with Crippen molar-refractivity contribution in [1.29, 1.82) is 0 Å². The van der Waals surface area contributed by atoms with Crippen molar-refractivity contribution >= 4 is 21.5 Å². The Bertz CT molecular complexity index is 1100. The fraction of sp³-hybridized carbons (Fsp3) is 0.593. The number of carbonyl (C=O) groups excluding carboxylic acids is 1. The van der Waals surface area contributed by atoms with E-state index in [1.165, 1.54) is 0 Å². The van der Waals surface area contributed by atoms with Gasteiger partial charge in [0.05, 0.1) is 18.1 Å². The molecule has 0 amide bonds. The van der Waals surface area contributed by atoms with E-state index < -0.39 is 31.9 Å². The summed E-state index contributed by atoms with van der Waals surface area (Å²) in [5.41, 5.74) is 0.0423. The van der Waals surface area contributed by atoms with Gasteiger partial charge in [0.25, 0.3) is 0 Å². The molecule has 0 atom stereocenters. The van der Waals surface area contributed by atoms with Crippen LogP contribution in [0.5, 0.6) is 0 Å². The third kappa shape index (κ3) is 5.83. The van der Waals surface area contributed by atoms with Crippen LogP contribution in [0.25, 0.3) is 0 Å². The van der Waals surface area contributed by atoms with Gasteiger partial charge in [-0.2, -0.15) is 0 Å². The summed E-state index contributed by atoms with van der Waals surface area (Å²) < 4.78 is 43.2. The molecule has 0 unspecified atom stereocenters. The van der Waals surface area contributed by atoms with Crippen molar-refractivity contribution in [2.45, 2.75) is 81.3 Å². The molecule has 3 rings (SSSR count). The number of anilines is 1. The Labute approximate surface area is 209 Å². The summed E-state index contributed by atoms with van der Waals surface area (Å²) in [6.45, 7) is 11.1. The first-order chi connectivity index (χ1) is 16.5. The quantitative estimate of drug-likeness (QED) is 0.434. The maximum atomic E-state index is 14.0. The molecule has 2 saturated heterocycles. The van der Waals surface area contributed by atoms with Crippen LogP contribution in [0.2, 0.25) is 0 Å². The Morgan fingerprint density at radius 3 is 1.97 bits per heavy atom. The van der Waals surface area contributed by atoms with E-state index in [1.807, 2.05) is 0 Å². The van der Waals surface area contributed by atoms with Crippen LogP contribution in [0, 0.1) is 23.7 Å². The van der Waals surface area contributed by atoms with E-state index in [9.17, 15) is 13.2 Å². The molecule has 0 saturated carbocycles. The minimum absolute atomic E-state index is 0.0406. The molecule has 2 fully saturated rings. The third-order valence-corrected chi connectivity index (χ3v) is 8.61. The topological polar surface area (TPSA) is 82.1 Å². The zero-order chi connectivity index (χ0) is 25.7. The number of nitrogens with zero attached hydrogens (tertiary/aromatic N) is 1. The van der Waals surface area contributed by atoms with Crippen molar-refractivity contribution < 1.29 is 27.4 Å². The zero-order valence-corrected chi connectivity index (χ0v) is 22.1. The molecule has 0 N–H and O–H groups in total. The van der Waals surface area contributed by atoms with E-state index in [1.54, 1.807) is 58.9 Å². The van der Waals surface area contributed by atoms with Crippen LogP contribution in [-0.2, 0) is 28.8 Å². The number of benzene rings is 1. The minimum Gasteiger partial charge on any atom is -0.459 e. The molecular weight excluding hydrogens is 466 g/mol. The molecule has 190 valence electrons. The van der Waals surface area contributed by atoms with E-state index in [0.717, 1.165) is 31.6 Å². The standard InChI is InChI=1S/C27H35NO6S/c1-6-8-14-26(15-9-7-2,24(29)34-25(3,4)5)35(30,31)23-12-10-22(11-13-23)28-18-16-27(17-19-28)32-20-21-33-27/h10-13H,14-21H2,1-5H3. The van der Waals surface area contributed by atoms with E-state index in [4.69, 9.17) is 14.2 Å². The van der Waals surface area contributed by atoms with Crippen molar-refractivity contribution in [2.24, 2.45) is 0 Å². The maximum Gasteiger partial charge on any atom is 0.330 e. The molecule has 8 heteroatoms. The van der Waals surface area contributed by atoms with Crippen molar-refractivity contribution in [3.05, 3.63) is 24.3 Å². The average Bonchev–Trinajstić information content (AvgIpc) is 3.26. The molecule has 0 aliphatic carbocycles. The normalized spacial score (nSPS) is 17.8. The van der Waals surface area contributed by atoms with E-state index in [2.05, 4.69) is 28.6 Å². The summed E-state index contributed by atoms with van der Waals surface area (Å²) in [5, 5.41) is 0. The van der Waals surface area contributed by atoms with Crippen molar-refractivity contribution in [2.75, 3.05) is 31.2 Å². The van der Waals surface area contributed by atoms with Gasteiger partial charge < -0.3 is 19.1 Å². The summed E-state index contributed by atoms with van der Waals surface area (Å²) in [5.74, 6) is 9.71. The van der Waals surface area contributed by atoms with Crippen LogP contribution in [-0.4, -0.2) is 56.8 Å². The Morgan fingerprint density at radius 2 is 1.51 bits per heavy atom. The predicted octanol–water partition coefficient (Wildman–Crippen LogP) is 3.71. The molecule has 1 spiro atoms. The number of ether oxygens (including phenoxy) is 3. The first-order valence-electron chi connectivity index (χ1n) is 11.9. The lowest BCUT2D eigenvalue weighted by Gasteiger charge is -2.38. The highest BCUT2D eigenvalue weighted by Gasteiger charge is 2.53. The Balaban J connectivity index is 1.92. The molecule has 2 aliphatic heterocycles. The maximum absolute atomic E-state index is 14.0. The van der Waals surface area contributed by atoms with Gasteiger partial charge in [0.2, 0.25) is 0 Å². The van der Waals surface area contributed by atoms with Gasteiger partial charge in [-0.15, -0.1) is 23.7 Å². The van der Waals surface area contributed by atoms with Crippen LogP contribution in [0.1, 0.15) is 60.3 Å². The Hall–Kier alpha value is -2.52. The summed E-state index contributed by atoms with van der Waals surface area (Å²) in [7, 11) is -4.18. The lowest BCUT2D eigenvalue weighted by Crippen LogP contribution is -2.49. The minimum atomic E-state index is -4.18. The van der Waals surface area contributed by atoms with Crippen LogP contribution in [0.3, 0.4) is 0 Å². The summed E-state index contributed by atoms with van der Waals surface area (Å²) in [6, 6.07) is 6.65. The van der Waals surface area contributed by atoms with Gasteiger partial charge in [-0.3, -0.25) is 4.79 Å². The number of sulfone groups is 1. The van der Waals surface area contributed by atoms with Crippen LogP contribution >= 0.6 is 0 Å². The second kappa shape index (κ2) is 10.6. The summed E-state index contributed by atoms with van der Waals surface area (Å²) >= 11 is 0. The van der Waals surface area contributed by atoms with E-state index in [0.29, 0.717) is 13.2 Å². The SMILES string of the molecule is CC#CCC(CC#CC)(C(=O)OC(C)(C)C)S(=O)(=O)c1ccc(N2CCC3(CC2)OCCO3)cc1. The van der Waals surface area contributed by atoms with Crippen LogP contribution in [0.15, 0.2) is 29.2 Å². The fourth-order valence-electron chi connectivity index (χ4n) is 4.29. The van der Waals surface area contributed by atoms with Gasteiger partial charge in [0.1, 0.15) is 5.60 Å². The molecule has 35 heavy (non-hydrogen) atoms. The molecule has 1 aromatic rings. The lowest BCUT2D eigenvalue weighted by molar-refractivity contribution is -0.169. The molecule has 0 bridgehead atoms. The van der Waals surface area contributed by atoms with Crippen molar-refractivity contribution in [1.82, 2.24) is 0 Å². The number of esters is 1. The van der Waals surface area contributed by atoms with Gasteiger partial charge in [-0.1, -0.05) is 0 Å². The van der Waals surface area contributed by atoms with Crippen LogP contribution < -0.4 is 4.90 Å². The number of hydrogen-bond donors (Lipinski definition) is 0. The fourth-order valence-corrected chi connectivity index (χ4v) is 6.02. The molecule has 2 aliphatic rings. The average molecular weight is 502 g/mol. The van der Waals surface area contributed by atoms with E-state index >= 15 is 0 Å². The highest BCUT2D eigenvalue weighted by molar-refractivity contribution is 7.93. The summed E-state index contributed by atoms with van der Waals surface area (Å²) in [6.07, 6.45) is 1.09. The first kappa shape index (κ1) is 27.1. The Morgan fingerprint density at radius 1 is 1.00 bits per heavy atom. The second-order valence-electron chi connectivity index (χ2n) is 9.80. The number of rotatable bonds is 6. The number of piperidine rings is 1. The third-order valence-electron chi connectivity index (χ3n) is 6.24. The second-order valence-corrected chi connectivity index (χ2v) is 12.1. The highest BCUT2D eigenvalue weighted by atomic mass is 32.2. The first-order valence-corrected chi connectivity index (χ1v) is 13.4. The molecule has 2 heterocycles.